The van der Waals surface area contributed by atoms with Gasteiger partial charge in [0.2, 0.25) is 17.7 Å². The molecule has 3 amide bonds. The first-order valence-corrected chi connectivity index (χ1v) is 10.00. The molecule has 0 bridgehead atoms. The number of allylic oxidation sites excluding steroid dienone is 2. The summed E-state index contributed by atoms with van der Waals surface area (Å²) < 4.78 is 5.57. The van der Waals surface area contributed by atoms with Crippen LogP contribution in [0.3, 0.4) is 0 Å². The normalized spacial score (nSPS) is 39.2. The SMILES string of the molecule is CC1(O)CCOCC1C1CCCN1C(=O)CN1C(=O)C2CC=CCC2C1=O. The second-order valence-electron chi connectivity index (χ2n) is 8.50. The number of likely N-dealkylation sites (tertiary alicyclic amines) is 2. The summed E-state index contributed by atoms with van der Waals surface area (Å²) in [5.41, 5.74) is -0.869. The molecule has 0 aromatic carbocycles. The monoisotopic (exact) mass is 376 g/mol. The van der Waals surface area contributed by atoms with Crippen molar-refractivity contribution in [3.63, 3.8) is 0 Å². The van der Waals surface area contributed by atoms with E-state index in [2.05, 4.69) is 0 Å². The number of aliphatic hydroxyl groups is 1. The predicted molar refractivity (Wildman–Crippen MR) is 96.4 cm³/mol. The summed E-state index contributed by atoms with van der Waals surface area (Å²) in [7, 11) is 0. The van der Waals surface area contributed by atoms with Gasteiger partial charge in [0.05, 0.1) is 24.0 Å². The first-order valence-electron chi connectivity index (χ1n) is 10.00. The highest BCUT2D eigenvalue weighted by atomic mass is 16.5. The van der Waals surface area contributed by atoms with Gasteiger partial charge >= 0.3 is 0 Å². The van der Waals surface area contributed by atoms with Crippen molar-refractivity contribution in [3.8, 4) is 0 Å². The third-order valence-corrected chi connectivity index (χ3v) is 6.83. The molecule has 7 heteroatoms. The minimum atomic E-state index is -0.869. The fourth-order valence-corrected chi connectivity index (χ4v) is 5.15. The Labute approximate surface area is 159 Å². The van der Waals surface area contributed by atoms with Crippen LogP contribution in [0.5, 0.6) is 0 Å². The maximum absolute atomic E-state index is 13.0. The zero-order chi connectivity index (χ0) is 19.2. The number of hydrogen-bond acceptors (Lipinski definition) is 5. The van der Waals surface area contributed by atoms with E-state index < -0.39 is 5.60 Å². The maximum atomic E-state index is 13.0. The summed E-state index contributed by atoms with van der Waals surface area (Å²) in [4.78, 5) is 41.2. The van der Waals surface area contributed by atoms with Gasteiger partial charge in [0.25, 0.3) is 0 Å². The lowest BCUT2D eigenvalue weighted by atomic mass is 9.79. The van der Waals surface area contributed by atoms with Crippen LogP contribution in [-0.2, 0) is 19.1 Å². The van der Waals surface area contributed by atoms with E-state index in [1.54, 1.807) is 4.90 Å². The van der Waals surface area contributed by atoms with Crippen molar-refractivity contribution in [2.24, 2.45) is 17.8 Å². The molecule has 5 atom stereocenters. The molecule has 1 aliphatic carbocycles. The van der Waals surface area contributed by atoms with Gasteiger partial charge in [0.1, 0.15) is 6.54 Å². The van der Waals surface area contributed by atoms with Crippen LogP contribution in [0.1, 0.15) is 39.0 Å². The van der Waals surface area contributed by atoms with Crippen LogP contribution in [0.15, 0.2) is 12.2 Å². The molecule has 3 heterocycles. The zero-order valence-corrected chi connectivity index (χ0v) is 15.8. The largest absolute Gasteiger partial charge is 0.390 e. The van der Waals surface area contributed by atoms with E-state index in [0.29, 0.717) is 39.0 Å². The summed E-state index contributed by atoms with van der Waals surface area (Å²) in [5.74, 6) is -1.39. The number of rotatable bonds is 3. The lowest BCUT2D eigenvalue weighted by molar-refractivity contribution is -0.152. The van der Waals surface area contributed by atoms with Gasteiger partial charge in [-0.1, -0.05) is 12.2 Å². The molecule has 0 saturated carbocycles. The van der Waals surface area contributed by atoms with Gasteiger partial charge in [-0.3, -0.25) is 19.3 Å². The Balaban J connectivity index is 1.46. The summed E-state index contributed by atoms with van der Waals surface area (Å²) in [5, 5.41) is 10.8. The molecule has 0 spiro atoms. The smallest absolute Gasteiger partial charge is 0.243 e. The van der Waals surface area contributed by atoms with Crippen LogP contribution >= 0.6 is 0 Å². The summed E-state index contributed by atoms with van der Waals surface area (Å²) in [6.45, 7) is 3.18. The minimum absolute atomic E-state index is 0.107. The predicted octanol–water partition coefficient (Wildman–Crippen LogP) is 0.716. The van der Waals surface area contributed by atoms with Crippen molar-refractivity contribution in [3.05, 3.63) is 12.2 Å². The molecule has 0 aromatic rings. The van der Waals surface area contributed by atoms with Gasteiger partial charge in [-0.25, -0.2) is 0 Å². The fraction of sp³-hybridized carbons (Fsp3) is 0.750. The van der Waals surface area contributed by atoms with Crippen LogP contribution in [0.25, 0.3) is 0 Å². The second kappa shape index (κ2) is 7.02. The third-order valence-electron chi connectivity index (χ3n) is 6.83. The standard InChI is InChI=1S/C20H28N2O5/c1-20(26)8-10-27-12-15(20)16-7-4-9-21(16)17(23)11-22-18(24)13-5-2-3-6-14(13)19(22)25/h2-3,13-16,26H,4-12H2,1H3. The zero-order valence-electron chi connectivity index (χ0n) is 15.8. The number of fused-ring (bicyclic) bond motifs is 1. The molecular weight excluding hydrogens is 348 g/mol. The Hall–Kier alpha value is -1.73. The quantitative estimate of drug-likeness (QED) is 0.579. The molecule has 148 valence electrons. The van der Waals surface area contributed by atoms with Crippen LogP contribution in [0, 0.1) is 17.8 Å². The van der Waals surface area contributed by atoms with Gasteiger partial charge < -0.3 is 14.7 Å². The molecular formula is C20H28N2O5. The molecule has 3 fully saturated rings. The first kappa shape index (κ1) is 18.6. The maximum Gasteiger partial charge on any atom is 0.243 e. The number of imide groups is 1. The third kappa shape index (κ3) is 3.21. The number of carbonyl (C=O) groups is 3. The number of hydrogen-bond donors (Lipinski definition) is 1. The van der Waals surface area contributed by atoms with E-state index in [1.807, 2.05) is 19.1 Å². The van der Waals surface area contributed by atoms with E-state index >= 15 is 0 Å². The van der Waals surface area contributed by atoms with E-state index in [1.165, 1.54) is 0 Å². The second-order valence-corrected chi connectivity index (χ2v) is 8.50. The van der Waals surface area contributed by atoms with Crippen molar-refractivity contribution in [1.82, 2.24) is 9.80 Å². The van der Waals surface area contributed by atoms with E-state index in [4.69, 9.17) is 4.74 Å². The molecule has 0 radical (unpaired) electrons. The van der Waals surface area contributed by atoms with Crippen LogP contribution in [0.4, 0.5) is 0 Å². The molecule has 3 saturated heterocycles. The highest BCUT2D eigenvalue weighted by Crippen LogP contribution is 2.37. The van der Waals surface area contributed by atoms with Gasteiger partial charge in [-0.15, -0.1) is 0 Å². The van der Waals surface area contributed by atoms with E-state index in [-0.39, 0.29) is 48.1 Å². The highest BCUT2D eigenvalue weighted by molar-refractivity contribution is 6.07. The number of carbonyl (C=O) groups excluding carboxylic acids is 3. The summed E-state index contributed by atoms with van der Waals surface area (Å²) in [6, 6.07) is -0.107. The van der Waals surface area contributed by atoms with Crippen molar-refractivity contribution >= 4 is 17.7 Å². The van der Waals surface area contributed by atoms with Gasteiger partial charge in [-0.2, -0.15) is 0 Å². The minimum Gasteiger partial charge on any atom is -0.390 e. The van der Waals surface area contributed by atoms with Gasteiger partial charge in [-0.05, 0) is 39.0 Å². The summed E-state index contributed by atoms with van der Waals surface area (Å²) in [6.07, 6.45) is 7.27. The molecule has 0 aromatic heterocycles. The van der Waals surface area contributed by atoms with Crippen molar-refractivity contribution < 1.29 is 24.2 Å². The molecule has 4 aliphatic rings. The number of amides is 3. The molecule has 1 N–H and O–H groups in total. The fourth-order valence-electron chi connectivity index (χ4n) is 5.15. The topological polar surface area (TPSA) is 87.2 Å². The Morgan fingerprint density at radius 1 is 1.26 bits per heavy atom. The highest BCUT2D eigenvalue weighted by Gasteiger charge is 2.49. The van der Waals surface area contributed by atoms with Crippen LogP contribution in [0.2, 0.25) is 0 Å². The van der Waals surface area contributed by atoms with Crippen LogP contribution in [-0.4, -0.2) is 70.6 Å². The van der Waals surface area contributed by atoms with Gasteiger partial charge in [0.15, 0.2) is 0 Å². The Morgan fingerprint density at radius 3 is 2.56 bits per heavy atom. The van der Waals surface area contributed by atoms with E-state index in [9.17, 15) is 19.5 Å². The molecule has 27 heavy (non-hydrogen) atoms. The average molecular weight is 376 g/mol. The van der Waals surface area contributed by atoms with E-state index in [0.717, 1.165) is 17.7 Å². The van der Waals surface area contributed by atoms with Crippen LogP contribution < -0.4 is 0 Å². The van der Waals surface area contributed by atoms with Gasteiger partial charge in [0, 0.05) is 25.1 Å². The summed E-state index contributed by atoms with van der Waals surface area (Å²) >= 11 is 0. The lowest BCUT2D eigenvalue weighted by Gasteiger charge is -2.43. The Kier molecular flexibility index (Phi) is 4.84. The Morgan fingerprint density at radius 2 is 1.93 bits per heavy atom. The molecule has 7 nitrogen and oxygen atoms in total. The van der Waals surface area contributed by atoms with Crippen molar-refractivity contribution in [2.45, 2.75) is 50.7 Å². The van der Waals surface area contributed by atoms with Crippen molar-refractivity contribution in [1.29, 1.82) is 0 Å². The number of nitrogens with zero attached hydrogens (tertiary/aromatic N) is 2. The van der Waals surface area contributed by atoms with Crippen molar-refractivity contribution in [2.75, 3.05) is 26.3 Å². The molecule has 3 aliphatic heterocycles. The average Bonchev–Trinajstić information content (AvgIpc) is 3.21. The molecule has 4 rings (SSSR count). The number of ether oxygens (including phenoxy) is 1. The lowest BCUT2D eigenvalue weighted by Crippen LogP contribution is -2.55. The Bertz CT molecular complexity index is 647. The molecule has 5 unspecified atom stereocenters. The first-order chi connectivity index (χ1) is 12.9.